The van der Waals surface area contributed by atoms with E-state index in [0.717, 1.165) is 71.3 Å². The molecule has 0 radical (unpaired) electrons. The largest absolute Gasteiger partial charge is 0.379 e. The molecule has 2 saturated heterocycles. The van der Waals surface area contributed by atoms with Crippen molar-refractivity contribution in [2.45, 2.75) is 52.5 Å². The first kappa shape index (κ1) is 25.4. The Balaban J connectivity index is 0.00000392. The number of ether oxygens (including phenoxy) is 1. The summed E-state index contributed by atoms with van der Waals surface area (Å²) >= 11 is 0. The molecule has 7 nitrogen and oxygen atoms in total. The van der Waals surface area contributed by atoms with E-state index < -0.39 is 0 Å². The lowest BCUT2D eigenvalue weighted by molar-refractivity contribution is -0.128. The van der Waals surface area contributed by atoms with Gasteiger partial charge < -0.3 is 20.3 Å². The molecule has 0 spiro atoms. The average molecular weight is 509 g/mol. The fourth-order valence-corrected chi connectivity index (χ4v) is 4.09. The molecule has 2 N–H and O–H groups in total. The number of nitrogens with one attached hydrogen (secondary N) is 2. The van der Waals surface area contributed by atoms with Crippen LogP contribution in [0.5, 0.6) is 0 Å². The molecule has 0 saturated carbocycles. The number of amides is 1. The quantitative estimate of drug-likeness (QED) is 0.283. The Kier molecular flexibility index (Phi) is 13.1. The Morgan fingerprint density at radius 1 is 1.04 bits per heavy atom. The number of rotatable bonds is 9. The smallest absolute Gasteiger partial charge is 0.244 e. The summed E-state index contributed by atoms with van der Waals surface area (Å²) < 4.78 is 5.53. The molecule has 1 unspecified atom stereocenters. The number of carbonyl (C=O) groups is 1. The topological polar surface area (TPSA) is 69.2 Å². The molecule has 28 heavy (non-hydrogen) atoms. The molecular weight excluding hydrogens is 469 g/mol. The van der Waals surface area contributed by atoms with Gasteiger partial charge in [-0.25, -0.2) is 4.99 Å². The highest BCUT2D eigenvalue weighted by Crippen LogP contribution is 2.19. The van der Waals surface area contributed by atoms with Crippen LogP contribution in [0.3, 0.4) is 0 Å². The number of nitrogens with zero attached hydrogens (tertiary/aromatic N) is 3. The fraction of sp³-hybridized carbons (Fsp3) is 0.900. The number of halogens is 1. The molecule has 2 heterocycles. The summed E-state index contributed by atoms with van der Waals surface area (Å²) in [4.78, 5) is 21.3. The molecule has 2 fully saturated rings. The zero-order chi connectivity index (χ0) is 19.5. The van der Waals surface area contributed by atoms with Crippen molar-refractivity contribution in [2.75, 3.05) is 59.0 Å². The second-order valence-electron chi connectivity index (χ2n) is 7.46. The number of guanidine groups is 1. The molecule has 164 valence electrons. The van der Waals surface area contributed by atoms with Crippen LogP contribution in [0.4, 0.5) is 0 Å². The van der Waals surface area contributed by atoms with Crippen LogP contribution in [0.2, 0.25) is 0 Å². The predicted octanol–water partition coefficient (Wildman–Crippen LogP) is 1.92. The number of likely N-dealkylation sites (tertiary alicyclic amines) is 1. The molecule has 0 bridgehead atoms. The molecule has 2 rings (SSSR count). The zero-order valence-corrected chi connectivity index (χ0v) is 20.2. The zero-order valence-electron chi connectivity index (χ0n) is 17.9. The highest BCUT2D eigenvalue weighted by molar-refractivity contribution is 14.0. The van der Waals surface area contributed by atoms with Gasteiger partial charge in [0.25, 0.3) is 0 Å². The van der Waals surface area contributed by atoms with E-state index in [0.29, 0.717) is 12.0 Å². The minimum atomic E-state index is 0. The third-order valence-corrected chi connectivity index (χ3v) is 5.76. The van der Waals surface area contributed by atoms with Gasteiger partial charge >= 0.3 is 0 Å². The summed E-state index contributed by atoms with van der Waals surface area (Å²) in [5.41, 5.74) is 0. The first-order chi connectivity index (χ1) is 13.2. The van der Waals surface area contributed by atoms with E-state index in [9.17, 15) is 4.79 Å². The molecular formula is C20H40IN5O2. The molecule has 0 aliphatic carbocycles. The fourth-order valence-electron chi connectivity index (χ4n) is 4.09. The summed E-state index contributed by atoms with van der Waals surface area (Å²) in [6, 6.07) is 0.460. The number of aliphatic imine (C=N–C) groups is 1. The van der Waals surface area contributed by atoms with Crippen LogP contribution in [-0.2, 0) is 9.53 Å². The molecule has 1 atom stereocenters. The van der Waals surface area contributed by atoms with Crippen molar-refractivity contribution in [3.63, 3.8) is 0 Å². The van der Waals surface area contributed by atoms with Gasteiger partial charge in [0.15, 0.2) is 5.96 Å². The Hall–Kier alpha value is -0.610. The summed E-state index contributed by atoms with van der Waals surface area (Å²) in [7, 11) is 0. The van der Waals surface area contributed by atoms with Crippen molar-refractivity contribution in [2.24, 2.45) is 10.9 Å². The number of carbonyl (C=O) groups excluding carboxylic acids is 1. The molecule has 0 aromatic rings. The number of morpholine rings is 1. The van der Waals surface area contributed by atoms with Gasteiger partial charge in [-0.1, -0.05) is 26.7 Å². The molecule has 0 aromatic carbocycles. The first-order valence-electron chi connectivity index (χ1n) is 10.8. The SMILES string of the molecule is CCNC(=NCC(=O)N1CCCC1)NCC(C(CC)CC)N1CCOCC1.I. The standard InChI is InChI=1S/C20H39N5O2.HI/c1-4-17(5-2)18(24-11-13-27-14-12-24)15-22-20(21-6-3)23-16-19(26)25-9-7-8-10-25;/h17-18H,4-16H2,1-3H3,(H2,21,22,23);1H. The van der Waals surface area contributed by atoms with Gasteiger partial charge in [0, 0.05) is 45.3 Å². The van der Waals surface area contributed by atoms with E-state index in [-0.39, 0.29) is 36.4 Å². The van der Waals surface area contributed by atoms with Crippen LogP contribution in [0, 0.1) is 5.92 Å². The molecule has 1 amide bonds. The number of hydrogen-bond donors (Lipinski definition) is 2. The minimum Gasteiger partial charge on any atom is -0.379 e. The highest BCUT2D eigenvalue weighted by atomic mass is 127. The normalized spacial score (nSPS) is 19.4. The maximum atomic E-state index is 12.3. The van der Waals surface area contributed by atoms with Gasteiger partial charge in [0.05, 0.1) is 13.2 Å². The minimum absolute atomic E-state index is 0. The van der Waals surface area contributed by atoms with Crippen molar-refractivity contribution < 1.29 is 9.53 Å². The molecule has 0 aromatic heterocycles. The van der Waals surface area contributed by atoms with E-state index in [1.54, 1.807) is 0 Å². The van der Waals surface area contributed by atoms with Crippen molar-refractivity contribution >= 4 is 35.8 Å². The van der Waals surface area contributed by atoms with Gasteiger partial charge in [-0.2, -0.15) is 0 Å². The van der Waals surface area contributed by atoms with Crippen LogP contribution in [0.15, 0.2) is 4.99 Å². The van der Waals surface area contributed by atoms with E-state index >= 15 is 0 Å². The Morgan fingerprint density at radius 2 is 1.68 bits per heavy atom. The van der Waals surface area contributed by atoms with Crippen LogP contribution in [0.1, 0.15) is 46.5 Å². The highest BCUT2D eigenvalue weighted by Gasteiger charge is 2.27. The lowest BCUT2D eigenvalue weighted by Gasteiger charge is -2.39. The summed E-state index contributed by atoms with van der Waals surface area (Å²) in [6.45, 7) is 13.8. The van der Waals surface area contributed by atoms with Gasteiger partial charge in [-0.15, -0.1) is 24.0 Å². The van der Waals surface area contributed by atoms with E-state index in [4.69, 9.17) is 4.74 Å². The molecule has 2 aliphatic rings. The van der Waals surface area contributed by atoms with Gasteiger partial charge in [0.1, 0.15) is 6.54 Å². The molecule has 8 heteroatoms. The van der Waals surface area contributed by atoms with E-state index in [1.165, 1.54) is 12.8 Å². The van der Waals surface area contributed by atoms with Crippen molar-refractivity contribution in [1.82, 2.24) is 20.4 Å². The number of hydrogen-bond acceptors (Lipinski definition) is 4. The van der Waals surface area contributed by atoms with Crippen molar-refractivity contribution in [3.05, 3.63) is 0 Å². The predicted molar refractivity (Wildman–Crippen MR) is 125 cm³/mol. The maximum absolute atomic E-state index is 12.3. The second kappa shape index (κ2) is 14.4. The van der Waals surface area contributed by atoms with Gasteiger partial charge in [0.2, 0.25) is 5.91 Å². The Bertz CT molecular complexity index is 462. The third-order valence-electron chi connectivity index (χ3n) is 5.76. The van der Waals surface area contributed by atoms with Gasteiger partial charge in [-0.05, 0) is 25.7 Å². The Morgan fingerprint density at radius 3 is 2.25 bits per heavy atom. The van der Waals surface area contributed by atoms with Crippen molar-refractivity contribution in [3.8, 4) is 0 Å². The summed E-state index contributed by atoms with van der Waals surface area (Å²) in [5.74, 6) is 1.52. The van der Waals surface area contributed by atoms with E-state index in [2.05, 4.69) is 41.3 Å². The van der Waals surface area contributed by atoms with Crippen LogP contribution < -0.4 is 10.6 Å². The average Bonchev–Trinajstić information content (AvgIpc) is 3.24. The lowest BCUT2D eigenvalue weighted by atomic mass is 9.92. The van der Waals surface area contributed by atoms with Crippen molar-refractivity contribution in [1.29, 1.82) is 0 Å². The summed E-state index contributed by atoms with van der Waals surface area (Å²) in [6.07, 6.45) is 4.57. The van der Waals surface area contributed by atoms with E-state index in [1.807, 2.05) is 4.90 Å². The van der Waals surface area contributed by atoms with Crippen LogP contribution in [0.25, 0.3) is 0 Å². The third kappa shape index (κ3) is 8.02. The van der Waals surface area contributed by atoms with Crippen LogP contribution in [-0.4, -0.2) is 86.7 Å². The molecule has 2 aliphatic heterocycles. The first-order valence-corrected chi connectivity index (χ1v) is 10.8. The van der Waals surface area contributed by atoms with Gasteiger partial charge in [-0.3, -0.25) is 9.69 Å². The lowest BCUT2D eigenvalue weighted by Crippen LogP contribution is -2.53. The second-order valence-corrected chi connectivity index (χ2v) is 7.46. The Labute approximate surface area is 188 Å². The van der Waals surface area contributed by atoms with Crippen LogP contribution >= 0.6 is 24.0 Å². The monoisotopic (exact) mass is 509 g/mol. The summed E-state index contributed by atoms with van der Waals surface area (Å²) in [5, 5.41) is 6.79. The maximum Gasteiger partial charge on any atom is 0.244 e.